The van der Waals surface area contributed by atoms with Crippen molar-refractivity contribution in [1.82, 2.24) is 20.0 Å². The molecule has 0 radical (unpaired) electrons. The minimum absolute atomic E-state index is 0.545. The summed E-state index contributed by atoms with van der Waals surface area (Å²) in [5, 5.41) is 8.16. The highest BCUT2D eigenvalue weighted by Crippen LogP contribution is 2.42. The Hall–Kier alpha value is -1.52. The summed E-state index contributed by atoms with van der Waals surface area (Å²) in [4.78, 5) is 7.13. The van der Waals surface area contributed by atoms with Crippen molar-refractivity contribution in [2.24, 2.45) is 17.5 Å². The highest BCUT2D eigenvalue weighted by Gasteiger charge is 2.36. The van der Waals surface area contributed by atoms with Crippen LogP contribution in [0.15, 0.2) is 4.99 Å². The number of piperidine rings is 1. The van der Waals surface area contributed by atoms with Crippen molar-refractivity contribution in [3.8, 4) is 0 Å². The average molecular weight is 360 g/mol. The summed E-state index contributed by atoms with van der Waals surface area (Å²) in [6, 6.07) is 0. The van der Waals surface area contributed by atoms with Crippen LogP contribution in [0.2, 0.25) is 0 Å². The fraction of sp³-hybridized carbons (Fsp3) is 0.810. The third-order valence-corrected chi connectivity index (χ3v) is 6.65. The predicted molar refractivity (Wildman–Crippen MR) is 109 cm³/mol. The maximum atomic E-state index is 4.61. The molecule has 1 aromatic rings. The van der Waals surface area contributed by atoms with E-state index in [2.05, 4.69) is 34.2 Å². The van der Waals surface area contributed by atoms with Gasteiger partial charge < -0.3 is 10.2 Å². The Morgan fingerprint density at radius 1 is 1.12 bits per heavy atom. The normalized spacial score (nSPS) is 21.1. The van der Waals surface area contributed by atoms with Crippen LogP contribution in [0.25, 0.3) is 0 Å². The molecule has 3 rings (SSSR count). The zero-order valence-corrected chi connectivity index (χ0v) is 17.3. The van der Waals surface area contributed by atoms with Crippen molar-refractivity contribution in [2.75, 3.05) is 26.7 Å². The van der Waals surface area contributed by atoms with Gasteiger partial charge in [-0.1, -0.05) is 25.7 Å². The Morgan fingerprint density at radius 3 is 2.42 bits per heavy atom. The van der Waals surface area contributed by atoms with E-state index in [1.165, 1.54) is 69.2 Å². The third-order valence-electron chi connectivity index (χ3n) is 6.65. The molecule has 1 N–H and O–H groups in total. The molecule has 0 bridgehead atoms. The van der Waals surface area contributed by atoms with Gasteiger partial charge in [-0.2, -0.15) is 5.10 Å². The molecule has 0 aromatic carbocycles. The average Bonchev–Trinajstić information content (AvgIpc) is 2.79. The van der Waals surface area contributed by atoms with Crippen molar-refractivity contribution >= 4 is 5.96 Å². The van der Waals surface area contributed by atoms with Gasteiger partial charge in [0.05, 0.1) is 5.69 Å². The molecule has 2 aliphatic rings. The van der Waals surface area contributed by atoms with E-state index in [1.807, 2.05) is 18.8 Å². The van der Waals surface area contributed by atoms with Gasteiger partial charge in [-0.15, -0.1) is 0 Å². The van der Waals surface area contributed by atoms with E-state index in [1.54, 1.807) is 0 Å². The van der Waals surface area contributed by atoms with Gasteiger partial charge in [0.15, 0.2) is 5.96 Å². The molecular weight excluding hydrogens is 322 g/mol. The van der Waals surface area contributed by atoms with E-state index in [0.717, 1.165) is 31.2 Å². The molecule has 146 valence electrons. The number of likely N-dealkylation sites (tertiary alicyclic amines) is 1. The standard InChI is InChI=1S/C21H37N5/c1-17-19(18(2)25(4)24-17)10-14-23-20(22-3)26-15-9-13-21(16-26)11-7-5-6-8-12-21/h5-16H2,1-4H3,(H,22,23). The summed E-state index contributed by atoms with van der Waals surface area (Å²) in [7, 11) is 3.95. The highest BCUT2D eigenvalue weighted by atomic mass is 15.3. The van der Waals surface area contributed by atoms with Gasteiger partial charge in [-0.3, -0.25) is 9.67 Å². The van der Waals surface area contributed by atoms with Gasteiger partial charge >= 0.3 is 0 Å². The van der Waals surface area contributed by atoms with E-state index >= 15 is 0 Å². The summed E-state index contributed by atoms with van der Waals surface area (Å²) in [5.74, 6) is 1.09. The smallest absolute Gasteiger partial charge is 0.193 e. The molecule has 2 heterocycles. The van der Waals surface area contributed by atoms with Crippen molar-refractivity contribution in [1.29, 1.82) is 0 Å². The third kappa shape index (κ3) is 4.24. The number of aromatic nitrogens is 2. The van der Waals surface area contributed by atoms with E-state index in [4.69, 9.17) is 0 Å². The maximum absolute atomic E-state index is 4.61. The second-order valence-corrected chi connectivity index (χ2v) is 8.44. The van der Waals surface area contributed by atoms with Crippen molar-refractivity contribution in [2.45, 2.75) is 71.6 Å². The van der Waals surface area contributed by atoms with Gasteiger partial charge in [-0.05, 0) is 56.9 Å². The van der Waals surface area contributed by atoms with Crippen LogP contribution in [0.3, 0.4) is 0 Å². The first-order chi connectivity index (χ1) is 12.5. The summed E-state index contributed by atoms with van der Waals surface area (Å²) >= 11 is 0. The summed E-state index contributed by atoms with van der Waals surface area (Å²) in [5.41, 5.74) is 4.34. The van der Waals surface area contributed by atoms with Gasteiger partial charge in [0.25, 0.3) is 0 Å². The Morgan fingerprint density at radius 2 is 1.81 bits per heavy atom. The van der Waals surface area contributed by atoms with Crippen LogP contribution in [-0.4, -0.2) is 47.3 Å². The first-order valence-electron chi connectivity index (χ1n) is 10.5. The van der Waals surface area contributed by atoms with E-state index in [-0.39, 0.29) is 0 Å². The molecule has 5 nitrogen and oxygen atoms in total. The lowest BCUT2D eigenvalue weighted by atomic mass is 9.74. The minimum Gasteiger partial charge on any atom is -0.356 e. The van der Waals surface area contributed by atoms with Gasteiger partial charge in [0.2, 0.25) is 0 Å². The largest absolute Gasteiger partial charge is 0.356 e. The zero-order chi connectivity index (χ0) is 18.6. The second kappa shape index (κ2) is 8.45. The van der Waals surface area contributed by atoms with Crippen LogP contribution in [0.4, 0.5) is 0 Å². The second-order valence-electron chi connectivity index (χ2n) is 8.44. The lowest BCUT2D eigenvalue weighted by molar-refractivity contribution is 0.115. The van der Waals surface area contributed by atoms with Crippen LogP contribution in [0.5, 0.6) is 0 Å². The lowest BCUT2D eigenvalue weighted by Gasteiger charge is -2.44. The van der Waals surface area contributed by atoms with Gasteiger partial charge in [-0.25, -0.2) is 0 Å². The van der Waals surface area contributed by atoms with Crippen LogP contribution in [0.1, 0.15) is 68.3 Å². The molecule has 5 heteroatoms. The van der Waals surface area contributed by atoms with Gasteiger partial charge in [0.1, 0.15) is 0 Å². The number of rotatable bonds is 3. The molecule has 1 aromatic heterocycles. The number of aliphatic imine (C=N–C) groups is 1. The first kappa shape index (κ1) is 19.2. The molecule has 26 heavy (non-hydrogen) atoms. The zero-order valence-electron chi connectivity index (χ0n) is 17.3. The molecule has 1 aliphatic carbocycles. The molecule has 2 fully saturated rings. The molecule has 1 saturated heterocycles. The predicted octanol–water partition coefficient (Wildman–Crippen LogP) is 3.59. The van der Waals surface area contributed by atoms with E-state index < -0.39 is 0 Å². The van der Waals surface area contributed by atoms with Crippen LogP contribution in [0, 0.1) is 19.3 Å². The topological polar surface area (TPSA) is 45.5 Å². The number of hydrogen-bond acceptors (Lipinski definition) is 2. The number of nitrogens with one attached hydrogen (secondary N) is 1. The maximum Gasteiger partial charge on any atom is 0.193 e. The van der Waals surface area contributed by atoms with Crippen LogP contribution < -0.4 is 5.32 Å². The Labute approximate surface area is 159 Å². The number of nitrogens with zero attached hydrogens (tertiary/aromatic N) is 4. The number of aryl methyl sites for hydroxylation is 2. The SMILES string of the molecule is CN=C(NCCc1c(C)nn(C)c1C)N1CCCC2(CCCCCC2)C1. The van der Waals surface area contributed by atoms with Crippen molar-refractivity contribution in [3.63, 3.8) is 0 Å². The summed E-state index contributed by atoms with van der Waals surface area (Å²) in [6.07, 6.45) is 12.2. The number of hydrogen-bond donors (Lipinski definition) is 1. The van der Waals surface area contributed by atoms with Crippen LogP contribution >= 0.6 is 0 Å². The molecule has 1 spiro atoms. The van der Waals surface area contributed by atoms with Crippen LogP contribution in [-0.2, 0) is 13.5 Å². The lowest BCUT2D eigenvalue weighted by Crippen LogP contribution is -2.50. The Balaban J connectivity index is 1.58. The van der Waals surface area contributed by atoms with E-state index in [9.17, 15) is 0 Å². The molecule has 0 unspecified atom stereocenters. The number of guanidine groups is 1. The Bertz CT molecular complexity index is 623. The molecular formula is C21H37N5. The quantitative estimate of drug-likeness (QED) is 0.663. The fourth-order valence-electron chi connectivity index (χ4n) is 5.09. The molecule has 1 aliphatic heterocycles. The fourth-order valence-corrected chi connectivity index (χ4v) is 5.09. The summed E-state index contributed by atoms with van der Waals surface area (Å²) in [6.45, 7) is 7.52. The molecule has 0 atom stereocenters. The molecule has 0 amide bonds. The first-order valence-corrected chi connectivity index (χ1v) is 10.5. The van der Waals surface area contributed by atoms with Gasteiger partial charge in [0, 0.05) is 39.4 Å². The minimum atomic E-state index is 0.545. The van der Waals surface area contributed by atoms with Crippen molar-refractivity contribution < 1.29 is 0 Å². The molecule has 1 saturated carbocycles. The Kier molecular flexibility index (Phi) is 6.25. The van der Waals surface area contributed by atoms with E-state index in [0.29, 0.717) is 5.41 Å². The summed E-state index contributed by atoms with van der Waals surface area (Å²) < 4.78 is 1.99. The van der Waals surface area contributed by atoms with Crippen molar-refractivity contribution in [3.05, 3.63) is 17.0 Å². The highest BCUT2D eigenvalue weighted by molar-refractivity contribution is 5.80. The monoisotopic (exact) mass is 359 g/mol.